The Balaban J connectivity index is 1.77. The minimum Gasteiger partial charge on any atom is -0.377 e. The number of hydrogen-bond donors (Lipinski definition) is 0. The van der Waals surface area contributed by atoms with Gasteiger partial charge in [0.05, 0.1) is 37.5 Å². The van der Waals surface area contributed by atoms with Crippen LogP contribution in [0.4, 0.5) is 5.82 Å². The molecule has 1 saturated heterocycles. The van der Waals surface area contributed by atoms with Crippen LogP contribution in [-0.4, -0.2) is 64.6 Å². The molecule has 0 amide bonds. The molecule has 160 valence electrons. The zero-order chi connectivity index (χ0) is 21.1. The molecule has 0 bridgehead atoms. The summed E-state index contributed by atoms with van der Waals surface area (Å²) in [5, 5.41) is 9.29. The number of nitrogens with zero attached hydrogens (tertiary/aromatic N) is 6. The standard InChI is InChI=1S/C18H22IN6O3PS/c1-12-11-28-8-7-23(12)16-9-13(18(4-5-18)30(2,26)27)17-20-10-15(24(17)22-16)14-3-6-21-25(14)29-19/h3,6,9-10,12,29H,4-5,7-8,11H2,1-2H3/t12-/m1/s1. The summed E-state index contributed by atoms with van der Waals surface area (Å²) in [5.74, 6) is 0.755. The van der Waals surface area contributed by atoms with Gasteiger partial charge in [0, 0.05) is 24.6 Å². The van der Waals surface area contributed by atoms with E-state index in [2.05, 4.69) is 43.9 Å². The molecule has 0 spiro atoms. The van der Waals surface area contributed by atoms with Gasteiger partial charge in [0.2, 0.25) is 0 Å². The quantitative estimate of drug-likeness (QED) is 0.350. The summed E-state index contributed by atoms with van der Waals surface area (Å²) in [5.41, 5.74) is 3.05. The van der Waals surface area contributed by atoms with Crippen LogP contribution >= 0.6 is 28.4 Å². The Morgan fingerprint density at radius 3 is 2.80 bits per heavy atom. The smallest absolute Gasteiger partial charge is 0.159 e. The van der Waals surface area contributed by atoms with Gasteiger partial charge in [-0.25, -0.2) is 22.4 Å². The maximum atomic E-state index is 12.7. The predicted octanol–water partition coefficient (Wildman–Crippen LogP) is 2.64. The maximum Gasteiger partial charge on any atom is 0.159 e. The minimum atomic E-state index is -3.30. The van der Waals surface area contributed by atoms with Crippen molar-refractivity contribution in [2.45, 2.75) is 30.6 Å². The van der Waals surface area contributed by atoms with E-state index >= 15 is 0 Å². The fraction of sp³-hybridized carbons (Fsp3) is 0.500. The third kappa shape index (κ3) is 3.16. The van der Waals surface area contributed by atoms with Gasteiger partial charge in [-0.1, -0.05) is 0 Å². The van der Waals surface area contributed by atoms with Crippen LogP contribution in [-0.2, 0) is 19.3 Å². The van der Waals surface area contributed by atoms with E-state index < -0.39 is 14.6 Å². The molecule has 9 nitrogen and oxygen atoms in total. The molecule has 0 radical (unpaired) electrons. The van der Waals surface area contributed by atoms with Gasteiger partial charge >= 0.3 is 0 Å². The lowest BCUT2D eigenvalue weighted by molar-refractivity contribution is 0.0984. The van der Waals surface area contributed by atoms with Crippen molar-refractivity contribution in [1.82, 2.24) is 24.1 Å². The highest BCUT2D eigenvalue weighted by atomic mass is 127. The summed E-state index contributed by atoms with van der Waals surface area (Å²) < 4.78 is 33.9. The summed E-state index contributed by atoms with van der Waals surface area (Å²) in [6.07, 6.45) is 6.50. The van der Waals surface area contributed by atoms with Crippen LogP contribution in [0.1, 0.15) is 25.3 Å². The van der Waals surface area contributed by atoms with Crippen molar-refractivity contribution < 1.29 is 13.2 Å². The lowest BCUT2D eigenvalue weighted by Gasteiger charge is -2.34. The molecule has 1 aliphatic carbocycles. The fourth-order valence-electron chi connectivity index (χ4n) is 4.19. The first kappa shape index (κ1) is 20.6. The van der Waals surface area contributed by atoms with Crippen LogP contribution in [0.25, 0.3) is 17.0 Å². The number of anilines is 1. The molecule has 2 fully saturated rings. The highest BCUT2D eigenvalue weighted by Crippen LogP contribution is 2.54. The summed E-state index contributed by atoms with van der Waals surface area (Å²) >= 11 is 2.29. The van der Waals surface area contributed by atoms with E-state index in [0.29, 0.717) is 44.6 Å². The van der Waals surface area contributed by atoms with Crippen LogP contribution in [0, 0.1) is 0 Å². The minimum absolute atomic E-state index is 0.151. The lowest BCUT2D eigenvalue weighted by atomic mass is 10.1. The molecule has 4 heterocycles. The Morgan fingerprint density at radius 1 is 1.33 bits per heavy atom. The Morgan fingerprint density at radius 2 is 2.13 bits per heavy atom. The molecular formula is C18H22IN6O3PS. The topological polar surface area (TPSA) is 94.6 Å². The van der Waals surface area contributed by atoms with Crippen molar-refractivity contribution in [3.8, 4) is 11.4 Å². The van der Waals surface area contributed by atoms with Gasteiger partial charge in [-0.05, 0) is 53.9 Å². The van der Waals surface area contributed by atoms with E-state index in [-0.39, 0.29) is 6.04 Å². The van der Waals surface area contributed by atoms with Crippen LogP contribution in [0.5, 0.6) is 0 Å². The molecule has 1 aliphatic heterocycles. The molecule has 5 rings (SSSR count). The van der Waals surface area contributed by atoms with Gasteiger partial charge in [-0.15, -0.1) is 5.10 Å². The first-order chi connectivity index (χ1) is 14.4. The number of rotatable bonds is 5. The van der Waals surface area contributed by atoms with Gasteiger partial charge in [0.15, 0.2) is 15.5 Å². The zero-order valence-corrected chi connectivity index (χ0v) is 20.6. The van der Waals surface area contributed by atoms with Crippen LogP contribution in [0.15, 0.2) is 24.5 Å². The third-order valence-electron chi connectivity index (χ3n) is 6.01. The van der Waals surface area contributed by atoms with Crippen LogP contribution in [0.2, 0.25) is 0 Å². The van der Waals surface area contributed by atoms with Gasteiger partial charge in [0.1, 0.15) is 16.3 Å². The summed E-state index contributed by atoms with van der Waals surface area (Å²) in [7, 11) is -3.30. The Labute approximate surface area is 189 Å². The van der Waals surface area contributed by atoms with Crippen molar-refractivity contribution in [3.63, 3.8) is 0 Å². The number of sulfone groups is 1. The average molecular weight is 560 g/mol. The Hall–Kier alpha value is -1.30. The second-order valence-electron chi connectivity index (χ2n) is 7.89. The maximum absolute atomic E-state index is 12.7. The SMILES string of the molecule is C[C@@H]1COCCN1c1cc(C2(S(C)(=O)=O)CC2)c2ncc(-c3ccnn3PI)n2n1. The van der Waals surface area contributed by atoms with E-state index in [9.17, 15) is 8.42 Å². The fourth-order valence-corrected chi connectivity index (χ4v) is 7.13. The van der Waals surface area contributed by atoms with Gasteiger partial charge < -0.3 is 9.64 Å². The van der Waals surface area contributed by atoms with Crippen LogP contribution in [0.3, 0.4) is 0 Å². The van der Waals surface area contributed by atoms with E-state index in [1.165, 1.54) is 6.26 Å². The first-order valence-corrected chi connectivity index (χ1v) is 15.7. The molecule has 3 aromatic heterocycles. The molecule has 1 unspecified atom stereocenters. The van der Waals surface area contributed by atoms with E-state index in [4.69, 9.17) is 9.84 Å². The number of fused-ring (bicyclic) bond motifs is 1. The molecule has 0 N–H and O–H groups in total. The number of morpholine rings is 1. The molecule has 0 aromatic carbocycles. The summed E-state index contributed by atoms with van der Waals surface area (Å²) in [6, 6.07) is 4.02. The first-order valence-electron chi connectivity index (χ1n) is 9.70. The Bertz CT molecular complexity index is 1220. The molecule has 12 heteroatoms. The highest BCUT2D eigenvalue weighted by Gasteiger charge is 2.55. The predicted molar refractivity (Wildman–Crippen MR) is 125 cm³/mol. The van der Waals surface area contributed by atoms with Crippen molar-refractivity contribution in [3.05, 3.63) is 30.1 Å². The molecule has 2 aliphatic rings. The highest BCUT2D eigenvalue weighted by molar-refractivity contribution is 14.2. The average Bonchev–Trinajstić information content (AvgIpc) is 3.23. The summed E-state index contributed by atoms with van der Waals surface area (Å²) in [6.45, 7) is 4.04. The molecule has 1 saturated carbocycles. The number of hydrogen-bond acceptors (Lipinski definition) is 7. The van der Waals surface area contributed by atoms with Crippen molar-refractivity contribution >= 4 is 49.7 Å². The zero-order valence-electron chi connectivity index (χ0n) is 16.6. The number of halogens is 1. The molecular weight excluding hydrogens is 538 g/mol. The number of aromatic nitrogens is 5. The number of ether oxygens (including phenoxy) is 1. The lowest BCUT2D eigenvalue weighted by Crippen LogP contribution is -2.44. The van der Waals surface area contributed by atoms with Gasteiger partial charge in [0.25, 0.3) is 0 Å². The van der Waals surface area contributed by atoms with Crippen molar-refractivity contribution in [2.75, 3.05) is 30.9 Å². The monoisotopic (exact) mass is 560 g/mol. The van der Waals surface area contributed by atoms with E-state index in [1.54, 1.807) is 16.9 Å². The molecule has 3 aromatic rings. The second kappa shape index (κ2) is 7.39. The largest absolute Gasteiger partial charge is 0.377 e. The van der Waals surface area contributed by atoms with Gasteiger partial charge in [-0.3, -0.25) is 0 Å². The van der Waals surface area contributed by atoms with E-state index in [0.717, 1.165) is 22.8 Å². The Kier molecular flexibility index (Phi) is 5.07. The van der Waals surface area contributed by atoms with Crippen LogP contribution < -0.4 is 4.90 Å². The van der Waals surface area contributed by atoms with Gasteiger partial charge in [-0.2, -0.15) is 5.10 Å². The molecule has 2 atom stereocenters. The third-order valence-corrected chi connectivity index (χ3v) is 9.94. The normalized spacial score (nSPS) is 21.7. The number of imidazole rings is 1. The van der Waals surface area contributed by atoms with E-state index in [1.807, 2.05) is 16.6 Å². The van der Waals surface area contributed by atoms with Crippen molar-refractivity contribution in [2.24, 2.45) is 0 Å². The molecule has 30 heavy (non-hydrogen) atoms. The summed E-state index contributed by atoms with van der Waals surface area (Å²) in [4.78, 5) is 6.81. The second-order valence-corrected chi connectivity index (χ2v) is 12.3. The van der Waals surface area contributed by atoms with Crippen molar-refractivity contribution in [1.29, 1.82) is 0 Å².